The van der Waals surface area contributed by atoms with Crippen molar-refractivity contribution >= 4 is 35.1 Å². The largest absolute Gasteiger partial charge is 0.507 e. The van der Waals surface area contributed by atoms with Crippen LogP contribution in [0.1, 0.15) is 57.9 Å². The van der Waals surface area contributed by atoms with E-state index in [9.17, 15) is 24.3 Å². The van der Waals surface area contributed by atoms with Gasteiger partial charge in [-0.05, 0) is 85.8 Å². The molecule has 0 bridgehead atoms. The zero-order chi connectivity index (χ0) is 33.8. The molecule has 0 aliphatic carbocycles. The number of carbonyl (C=O) groups is 4. The van der Waals surface area contributed by atoms with Crippen molar-refractivity contribution in [2.75, 3.05) is 36.8 Å². The van der Waals surface area contributed by atoms with Gasteiger partial charge in [0.1, 0.15) is 11.8 Å². The quantitative estimate of drug-likeness (QED) is 0.262. The number of hydrogen-bond donors (Lipinski definition) is 3. The Labute approximate surface area is 282 Å². The number of hydrogen-bond acceptors (Lipinski definition) is 10. The first-order chi connectivity index (χ1) is 23.7. The fraction of sp³-hybridized carbons (Fsp3) is 0.297. The number of nitrogens with two attached hydrogens (primary N) is 1. The monoisotopic (exact) mass is 657 g/mol. The predicted octanol–water partition coefficient (Wildman–Crippen LogP) is 3.57. The fourth-order valence-electron chi connectivity index (χ4n) is 7.54. The number of aromatic hydroxyl groups is 1. The molecular formula is C37H35N7O5. The molecule has 4 N–H and O–H groups in total. The highest BCUT2D eigenvalue weighted by Gasteiger charge is 2.45. The minimum Gasteiger partial charge on any atom is -0.507 e. The van der Waals surface area contributed by atoms with Crippen LogP contribution < -0.4 is 16.0 Å². The molecule has 0 spiro atoms. The lowest BCUT2D eigenvalue weighted by Gasteiger charge is -2.48. The number of rotatable bonds is 6. The normalized spacial score (nSPS) is 20.4. The summed E-state index contributed by atoms with van der Waals surface area (Å²) in [4.78, 5) is 56.0. The number of nitrogen functional groups attached to an aromatic ring is 1. The molecule has 4 aromatic rings. The van der Waals surface area contributed by atoms with E-state index in [0.29, 0.717) is 40.2 Å². The Morgan fingerprint density at radius 3 is 2.24 bits per heavy atom. The highest BCUT2D eigenvalue weighted by atomic mass is 16.3. The van der Waals surface area contributed by atoms with Crippen LogP contribution in [0, 0.1) is 0 Å². The minimum absolute atomic E-state index is 0.0944. The van der Waals surface area contributed by atoms with E-state index in [0.717, 1.165) is 60.7 Å². The van der Waals surface area contributed by atoms with Gasteiger partial charge in [-0.15, -0.1) is 10.2 Å². The molecule has 248 valence electrons. The van der Waals surface area contributed by atoms with Gasteiger partial charge in [0, 0.05) is 42.4 Å². The SMILES string of the molecule is Nc1nnc(-c2ccccc2O)cc1-c1ccc(C2CCN(C3CN(c4ccc5c(c4)C(=O)N(C4CCC(=O)NC4=O)C5=O)C3)CC2)cc1. The number of nitrogens with zero attached hydrogens (tertiary/aromatic N) is 5. The third-order valence-corrected chi connectivity index (χ3v) is 10.4. The first-order valence-electron chi connectivity index (χ1n) is 16.6. The van der Waals surface area contributed by atoms with Crippen molar-refractivity contribution < 1.29 is 24.3 Å². The summed E-state index contributed by atoms with van der Waals surface area (Å²) < 4.78 is 0. The van der Waals surface area contributed by atoms with Gasteiger partial charge in [0.25, 0.3) is 11.8 Å². The minimum atomic E-state index is -0.968. The topological polar surface area (TPSA) is 162 Å². The van der Waals surface area contributed by atoms with E-state index in [1.54, 1.807) is 30.3 Å². The van der Waals surface area contributed by atoms with Crippen molar-refractivity contribution in [3.05, 3.63) is 89.5 Å². The lowest BCUT2D eigenvalue weighted by molar-refractivity contribution is -0.136. The Morgan fingerprint density at radius 1 is 0.776 bits per heavy atom. The van der Waals surface area contributed by atoms with Gasteiger partial charge in [0.2, 0.25) is 11.8 Å². The third-order valence-electron chi connectivity index (χ3n) is 10.4. The summed E-state index contributed by atoms with van der Waals surface area (Å²) in [5.41, 5.74) is 11.9. The number of amides is 4. The van der Waals surface area contributed by atoms with Crippen molar-refractivity contribution in [2.24, 2.45) is 0 Å². The van der Waals surface area contributed by atoms with E-state index in [4.69, 9.17) is 5.73 Å². The van der Waals surface area contributed by atoms with Crippen LogP contribution >= 0.6 is 0 Å². The Bertz CT molecular complexity index is 2000. The summed E-state index contributed by atoms with van der Waals surface area (Å²) in [6.45, 7) is 3.66. The van der Waals surface area contributed by atoms with Crippen LogP contribution in [0.2, 0.25) is 0 Å². The average Bonchev–Trinajstić information content (AvgIpc) is 3.33. The Morgan fingerprint density at radius 2 is 1.51 bits per heavy atom. The molecule has 1 aromatic heterocycles. The second-order valence-corrected chi connectivity index (χ2v) is 13.2. The molecule has 4 aliphatic rings. The number of aromatic nitrogens is 2. The van der Waals surface area contributed by atoms with Crippen LogP contribution in [0.15, 0.2) is 72.8 Å². The molecule has 4 aliphatic heterocycles. The number of carbonyl (C=O) groups excluding carboxylic acids is 4. The van der Waals surface area contributed by atoms with Gasteiger partial charge in [-0.1, -0.05) is 36.4 Å². The molecular weight excluding hydrogens is 622 g/mol. The number of para-hydroxylation sites is 1. The number of phenolic OH excluding ortho intramolecular Hbond substituents is 1. The zero-order valence-electron chi connectivity index (χ0n) is 26.7. The molecule has 8 rings (SSSR count). The van der Waals surface area contributed by atoms with Crippen LogP contribution in [-0.2, 0) is 9.59 Å². The highest BCUT2D eigenvalue weighted by molar-refractivity contribution is 6.23. The molecule has 0 radical (unpaired) electrons. The second kappa shape index (κ2) is 12.1. The van der Waals surface area contributed by atoms with Crippen LogP contribution in [0.25, 0.3) is 22.4 Å². The number of anilines is 2. The standard InChI is InChI=1S/C37H35N7O5/c38-34-28(18-30(40-41-34)27-3-1-2-4-32(27)45)23-7-5-21(6-8-23)22-13-15-42(16-14-22)25-19-43(20-25)24-9-10-26-29(17-24)37(49)44(36(26)48)31-11-12-33(46)39-35(31)47/h1-10,17-18,22,25,31,45H,11-16,19-20H2,(H2,38,41)(H,39,46,47). The molecule has 4 amide bonds. The Kier molecular flexibility index (Phi) is 7.59. The lowest BCUT2D eigenvalue weighted by Crippen LogP contribution is -2.60. The van der Waals surface area contributed by atoms with E-state index >= 15 is 0 Å². The molecule has 3 saturated heterocycles. The van der Waals surface area contributed by atoms with Crippen molar-refractivity contribution in [1.82, 2.24) is 25.3 Å². The number of imide groups is 2. The summed E-state index contributed by atoms with van der Waals surface area (Å²) in [6.07, 6.45) is 2.34. The summed E-state index contributed by atoms with van der Waals surface area (Å²) in [5.74, 6) is -1.04. The Hall–Kier alpha value is -5.62. The van der Waals surface area contributed by atoms with Crippen molar-refractivity contribution in [3.63, 3.8) is 0 Å². The summed E-state index contributed by atoms with van der Waals surface area (Å²) in [7, 11) is 0. The predicted molar refractivity (Wildman–Crippen MR) is 182 cm³/mol. The molecule has 12 heteroatoms. The summed E-state index contributed by atoms with van der Waals surface area (Å²) in [5, 5.41) is 20.9. The molecule has 3 aromatic carbocycles. The van der Waals surface area contributed by atoms with Crippen LogP contribution in [0.5, 0.6) is 5.75 Å². The maximum Gasteiger partial charge on any atom is 0.262 e. The highest BCUT2D eigenvalue weighted by Crippen LogP contribution is 2.37. The number of nitrogens with one attached hydrogen (secondary N) is 1. The van der Waals surface area contributed by atoms with Crippen LogP contribution in [0.4, 0.5) is 11.5 Å². The molecule has 1 atom stereocenters. The summed E-state index contributed by atoms with van der Waals surface area (Å²) in [6, 6.07) is 22.1. The van der Waals surface area contributed by atoms with Gasteiger partial charge in [0.15, 0.2) is 5.82 Å². The van der Waals surface area contributed by atoms with Crippen molar-refractivity contribution in [3.8, 4) is 28.1 Å². The first kappa shape index (κ1) is 30.7. The lowest BCUT2D eigenvalue weighted by atomic mass is 9.87. The van der Waals surface area contributed by atoms with E-state index in [2.05, 4.69) is 49.6 Å². The molecule has 1 unspecified atom stereocenters. The number of likely N-dealkylation sites (tertiary alicyclic amines) is 1. The number of fused-ring (bicyclic) bond motifs is 1. The average molecular weight is 658 g/mol. The zero-order valence-corrected chi connectivity index (χ0v) is 26.7. The van der Waals surface area contributed by atoms with Crippen molar-refractivity contribution in [2.45, 2.75) is 43.7 Å². The van der Waals surface area contributed by atoms with E-state index in [-0.39, 0.29) is 18.6 Å². The van der Waals surface area contributed by atoms with Gasteiger partial charge in [0.05, 0.1) is 16.8 Å². The van der Waals surface area contributed by atoms with Gasteiger partial charge >= 0.3 is 0 Å². The third kappa shape index (κ3) is 5.47. The van der Waals surface area contributed by atoms with Gasteiger partial charge in [-0.2, -0.15) is 0 Å². The molecule has 12 nitrogen and oxygen atoms in total. The fourth-order valence-corrected chi connectivity index (χ4v) is 7.54. The number of piperidine rings is 2. The number of benzene rings is 3. The maximum absolute atomic E-state index is 13.3. The van der Waals surface area contributed by atoms with Crippen molar-refractivity contribution in [1.29, 1.82) is 0 Å². The van der Waals surface area contributed by atoms with E-state index < -0.39 is 29.7 Å². The van der Waals surface area contributed by atoms with Gasteiger partial charge in [-0.3, -0.25) is 34.3 Å². The molecule has 49 heavy (non-hydrogen) atoms. The maximum atomic E-state index is 13.3. The molecule has 0 saturated carbocycles. The van der Waals surface area contributed by atoms with E-state index in [1.165, 1.54) is 5.56 Å². The molecule has 3 fully saturated rings. The van der Waals surface area contributed by atoms with Crippen LogP contribution in [-0.4, -0.2) is 87.0 Å². The molecule has 5 heterocycles. The number of phenols is 1. The Balaban J connectivity index is 0.870. The van der Waals surface area contributed by atoms with Gasteiger partial charge in [-0.25, -0.2) is 0 Å². The van der Waals surface area contributed by atoms with Gasteiger partial charge < -0.3 is 15.7 Å². The van der Waals surface area contributed by atoms with E-state index in [1.807, 2.05) is 18.2 Å². The summed E-state index contributed by atoms with van der Waals surface area (Å²) >= 11 is 0. The smallest absolute Gasteiger partial charge is 0.262 e. The first-order valence-corrected chi connectivity index (χ1v) is 16.6. The second-order valence-electron chi connectivity index (χ2n) is 13.2. The van der Waals surface area contributed by atoms with Crippen LogP contribution in [0.3, 0.4) is 0 Å².